The van der Waals surface area contributed by atoms with Gasteiger partial charge in [-0.05, 0) is 11.6 Å². The van der Waals surface area contributed by atoms with Crippen LogP contribution < -0.4 is 11.1 Å². The third-order valence-electron chi connectivity index (χ3n) is 2.13. The number of amides is 2. The van der Waals surface area contributed by atoms with E-state index in [0.29, 0.717) is 5.56 Å². The molecule has 1 heterocycles. The van der Waals surface area contributed by atoms with Crippen LogP contribution in [0.2, 0.25) is 0 Å². The molecule has 0 bridgehead atoms. The van der Waals surface area contributed by atoms with Crippen LogP contribution in [0.3, 0.4) is 0 Å². The maximum Gasteiger partial charge on any atom is 0.326 e. The maximum atomic E-state index is 11.6. The molecular weight excluding hydrogens is 238 g/mol. The Morgan fingerprint density at radius 2 is 2.17 bits per heavy atom. The van der Waals surface area contributed by atoms with Crippen molar-refractivity contribution in [3.8, 4) is 0 Å². The Morgan fingerprint density at radius 3 is 2.67 bits per heavy atom. The highest BCUT2D eigenvalue weighted by atomic mass is 16.4. The van der Waals surface area contributed by atoms with E-state index in [4.69, 9.17) is 10.8 Å². The molecule has 1 atom stereocenters. The number of carboxylic acid groups (broad SMARTS) is 1. The van der Waals surface area contributed by atoms with Gasteiger partial charge in [-0.15, -0.1) is 0 Å². The molecule has 4 N–H and O–H groups in total. The fourth-order valence-electron chi connectivity index (χ4n) is 1.33. The smallest absolute Gasteiger partial charge is 0.326 e. The topological polar surface area (TPSA) is 122 Å². The molecule has 7 nitrogen and oxygen atoms in total. The van der Waals surface area contributed by atoms with E-state index in [-0.39, 0.29) is 6.42 Å². The fraction of sp³-hybridized carbons (Fsp3) is 0.273. The molecule has 96 valence electrons. The molecule has 0 aromatic carbocycles. The van der Waals surface area contributed by atoms with Gasteiger partial charge in [-0.25, -0.2) is 4.79 Å². The highest BCUT2D eigenvalue weighted by Gasteiger charge is 2.21. The van der Waals surface area contributed by atoms with Crippen molar-refractivity contribution in [3.05, 3.63) is 30.1 Å². The number of nitrogens with two attached hydrogens (primary N) is 1. The number of nitrogens with zero attached hydrogens (tertiary/aromatic N) is 1. The summed E-state index contributed by atoms with van der Waals surface area (Å²) in [6.45, 7) is 0. The van der Waals surface area contributed by atoms with Crippen LogP contribution in [0.1, 0.15) is 12.0 Å². The van der Waals surface area contributed by atoms with Crippen molar-refractivity contribution in [1.29, 1.82) is 0 Å². The molecule has 7 heteroatoms. The van der Waals surface area contributed by atoms with E-state index in [1.807, 2.05) is 0 Å². The van der Waals surface area contributed by atoms with Crippen LogP contribution in [0, 0.1) is 0 Å². The number of nitrogens with one attached hydrogen (secondary N) is 1. The number of rotatable bonds is 6. The zero-order valence-electron chi connectivity index (χ0n) is 9.50. The predicted octanol–water partition coefficient (Wildman–Crippen LogP) is -0.931. The van der Waals surface area contributed by atoms with Gasteiger partial charge in [0.1, 0.15) is 6.04 Å². The fourth-order valence-corrected chi connectivity index (χ4v) is 1.33. The van der Waals surface area contributed by atoms with Crippen LogP contribution >= 0.6 is 0 Å². The van der Waals surface area contributed by atoms with E-state index >= 15 is 0 Å². The number of primary amides is 1. The SMILES string of the molecule is NC(=O)CC(NC(=O)Cc1cccnc1)C(=O)O. The summed E-state index contributed by atoms with van der Waals surface area (Å²) in [5.74, 6) is -2.59. The number of pyridine rings is 1. The standard InChI is InChI=1S/C11H13N3O4/c12-9(15)5-8(11(17)18)14-10(16)4-7-2-1-3-13-6-7/h1-3,6,8H,4-5H2,(H2,12,15)(H,14,16)(H,17,18). The molecule has 0 aliphatic carbocycles. The Balaban J connectivity index is 2.56. The van der Waals surface area contributed by atoms with Gasteiger partial charge in [-0.1, -0.05) is 6.07 Å². The summed E-state index contributed by atoms with van der Waals surface area (Å²) < 4.78 is 0. The Bertz CT molecular complexity index is 447. The van der Waals surface area contributed by atoms with Crippen LogP contribution in [-0.4, -0.2) is 33.9 Å². The van der Waals surface area contributed by atoms with E-state index < -0.39 is 30.2 Å². The molecule has 0 fully saturated rings. The molecule has 2 amide bonds. The Kier molecular flexibility index (Phi) is 4.79. The minimum atomic E-state index is -1.30. The van der Waals surface area contributed by atoms with Gasteiger partial charge < -0.3 is 16.2 Å². The second-order valence-electron chi connectivity index (χ2n) is 3.67. The molecule has 0 aliphatic heterocycles. The number of aliphatic carboxylic acids is 1. The lowest BCUT2D eigenvalue weighted by Crippen LogP contribution is -2.43. The summed E-state index contributed by atoms with van der Waals surface area (Å²) in [5.41, 5.74) is 5.55. The Labute approximate surface area is 103 Å². The molecule has 1 aromatic rings. The number of aromatic nitrogens is 1. The van der Waals surface area contributed by atoms with Gasteiger partial charge in [0.25, 0.3) is 0 Å². The number of hydrogen-bond donors (Lipinski definition) is 3. The van der Waals surface area contributed by atoms with Crippen molar-refractivity contribution in [2.45, 2.75) is 18.9 Å². The Hall–Kier alpha value is -2.44. The summed E-state index contributed by atoms with van der Waals surface area (Å²) in [7, 11) is 0. The number of carbonyl (C=O) groups excluding carboxylic acids is 2. The lowest BCUT2D eigenvalue weighted by Gasteiger charge is -2.12. The molecule has 1 aromatic heterocycles. The first-order chi connectivity index (χ1) is 8.49. The minimum absolute atomic E-state index is 0.00359. The normalized spacial score (nSPS) is 11.6. The number of carboxylic acids is 1. The maximum absolute atomic E-state index is 11.6. The van der Waals surface area contributed by atoms with Gasteiger partial charge in [0, 0.05) is 12.4 Å². The third kappa shape index (κ3) is 4.60. The first-order valence-electron chi connectivity index (χ1n) is 5.18. The van der Waals surface area contributed by atoms with Gasteiger partial charge in [0.05, 0.1) is 12.8 Å². The van der Waals surface area contributed by atoms with E-state index in [9.17, 15) is 14.4 Å². The molecule has 0 spiro atoms. The van der Waals surface area contributed by atoms with Crippen LogP contribution in [0.15, 0.2) is 24.5 Å². The van der Waals surface area contributed by atoms with Crippen molar-refractivity contribution in [2.24, 2.45) is 5.73 Å². The molecule has 0 aliphatic rings. The first-order valence-corrected chi connectivity index (χ1v) is 5.18. The molecule has 0 saturated heterocycles. The number of hydrogen-bond acceptors (Lipinski definition) is 4. The molecule has 0 saturated carbocycles. The highest BCUT2D eigenvalue weighted by Crippen LogP contribution is 1.98. The average molecular weight is 251 g/mol. The van der Waals surface area contributed by atoms with Crippen LogP contribution in [0.25, 0.3) is 0 Å². The molecule has 1 unspecified atom stereocenters. The lowest BCUT2D eigenvalue weighted by atomic mass is 10.1. The zero-order valence-corrected chi connectivity index (χ0v) is 9.50. The van der Waals surface area contributed by atoms with E-state index in [0.717, 1.165) is 0 Å². The Morgan fingerprint density at radius 1 is 1.44 bits per heavy atom. The quantitative estimate of drug-likeness (QED) is 0.602. The predicted molar refractivity (Wildman–Crippen MR) is 61.3 cm³/mol. The van der Waals surface area contributed by atoms with Gasteiger partial charge in [0.15, 0.2) is 0 Å². The van der Waals surface area contributed by atoms with Crippen LogP contribution in [0.4, 0.5) is 0 Å². The lowest BCUT2D eigenvalue weighted by molar-refractivity contribution is -0.143. The monoisotopic (exact) mass is 251 g/mol. The minimum Gasteiger partial charge on any atom is -0.480 e. The number of carbonyl (C=O) groups is 3. The van der Waals surface area contributed by atoms with Gasteiger partial charge >= 0.3 is 5.97 Å². The summed E-state index contributed by atoms with van der Waals surface area (Å²) in [5, 5.41) is 11.0. The van der Waals surface area contributed by atoms with E-state index in [2.05, 4.69) is 10.3 Å². The molecule has 18 heavy (non-hydrogen) atoms. The van der Waals surface area contributed by atoms with Crippen molar-refractivity contribution in [2.75, 3.05) is 0 Å². The second kappa shape index (κ2) is 6.33. The van der Waals surface area contributed by atoms with E-state index in [1.54, 1.807) is 18.3 Å². The van der Waals surface area contributed by atoms with Crippen LogP contribution in [-0.2, 0) is 20.8 Å². The largest absolute Gasteiger partial charge is 0.480 e. The zero-order chi connectivity index (χ0) is 13.5. The first kappa shape index (κ1) is 13.6. The van der Waals surface area contributed by atoms with Crippen molar-refractivity contribution >= 4 is 17.8 Å². The van der Waals surface area contributed by atoms with Crippen molar-refractivity contribution < 1.29 is 19.5 Å². The van der Waals surface area contributed by atoms with Gasteiger partial charge in [-0.2, -0.15) is 0 Å². The van der Waals surface area contributed by atoms with Gasteiger partial charge in [-0.3, -0.25) is 14.6 Å². The summed E-state index contributed by atoms with van der Waals surface area (Å²) >= 11 is 0. The van der Waals surface area contributed by atoms with Crippen LogP contribution in [0.5, 0.6) is 0 Å². The van der Waals surface area contributed by atoms with Crippen molar-refractivity contribution in [1.82, 2.24) is 10.3 Å². The summed E-state index contributed by atoms with van der Waals surface area (Å²) in [6, 6.07) is 2.06. The molecule has 1 rings (SSSR count). The summed E-state index contributed by atoms with van der Waals surface area (Å²) in [6.07, 6.45) is 2.63. The molecular formula is C11H13N3O4. The van der Waals surface area contributed by atoms with Gasteiger partial charge in [0.2, 0.25) is 11.8 Å². The van der Waals surface area contributed by atoms with Crippen molar-refractivity contribution in [3.63, 3.8) is 0 Å². The summed E-state index contributed by atoms with van der Waals surface area (Å²) in [4.78, 5) is 36.8. The second-order valence-corrected chi connectivity index (χ2v) is 3.67. The average Bonchev–Trinajstić information content (AvgIpc) is 2.28. The highest BCUT2D eigenvalue weighted by molar-refractivity contribution is 5.88. The van der Waals surface area contributed by atoms with E-state index in [1.165, 1.54) is 6.20 Å². The third-order valence-corrected chi connectivity index (χ3v) is 2.13. The molecule has 0 radical (unpaired) electrons.